The Morgan fingerprint density at radius 1 is 1.25 bits per heavy atom. The normalized spacial score (nSPS) is 10.8. The van der Waals surface area contributed by atoms with Crippen molar-refractivity contribution in [2.75, 3.05) is 13.7 Å². The van der Waals surface area contributed by atoms with Gasteiger partial charge in [-0.15, -0.1) is 0 Å². The molecule has 7 nitrogen and oxygen atoms in total. The fraction of sp³-hybridized carbons (Fsp3) is 0.235. The summed E-state index contributed by atoms with van der Waals surface area (Å²) in [4.78, 5) is 18.5. The first-order chi connectivity index (χ1) is 11.6. The van der Waals surface area contributed by atoms with Gasteiger partial charge in [0, 0.05) is 17.7 Å². The molecular formula is C17H17N3O4. The molecule has 0 fully saturated rings. The fourth-order valence-corrected chi connectivity index (χ4v) is 2.39. The monoisotopic (exact) mass is 327 g/mol. The third-order valence-electron chi connectivity index (χ3n) is 3.58. The number of nitro benzene ring substituents is 1. The van der Waals surface area contributed by atoms with Crippen molar-refractivity contribution in [1.29, 1.82) is 0 Å². The minimum atomic E-state index is -0.444. The van der Waals surface area contributed by atoms with Gasteiger partial charge in [0.2, 0.25) is 0 Å². The van der Waals surface area contributed by atoms with E-state index in [-0.39, 0.29) is 11.4 Å². The predicted molar refractivity (Wildman–Crippen MR) is 90.5 cm³/mol. The second-order valence-electron chi connectivity index (χ2n) is 5.26. The third-order valence-corrected chi connectivity index (χ3v) is 3.58. The molecule has 124 valence electrons. The third kappa shape index (κ3) is 3.01. The molecule has 1 aromatic heterocycles. The highest BCUT2D eigenvalue weighted by Gasteiger charge is 2.18. The molecule has 0 spiro atoms. The zero-order valence-corrected chi connectivity index (χ0v) is 13.4. The number of benzene rings is 2. The zero-order chi connectivity index (χ0) is 17.1. The summed E-state index contributed by atoms with van der Waals surface area (Å²) in [6.07, 6.45) is 0.782. The van der Waals surface area contributed by atoms with Crippen LogP contribution >= 0.6 is 0 Å². The SMILES string of the molecule is CCCOc1ccc(-c2nc3ccc(OC)cc3[nH]2)cc1[N+](=O)[O-]. The summed E-state index contributed by atoms with van der Waals surface area (Å²) < 4.78 is 10.6. The number of methoxy groups -OCH3 is 1. The molecule has 3 rings (SSSR count). The van der Waals surface area contributed by atoms with E-state index in [1.54, 1.807) is 19.2 Å². The van der Waals surface area contributed by atoms with Crippen molar-refractivity contribution in [3.63, 3.8) is 0 Å². The number of aromatic nitrogens is 2. The summed E-state index contributed by atoms with van der Waals surface area (Å²) in [5.41, 5.74) is 2.12. The van der Waals surface area contributed by atoms with Crippen LogP contribution in [0, 0.1) is 10.1 Å². The van der Waals surface area contributed by atoms with E-state index in [2.05, 4.69) is 9.97 Å². The van der Waals surface area contributed by atoms with Gasteiger partial charge in [0.05, 0.1) is 29.7 Å². The van der Waals surface area contributed by atoms with E-state index < -0.39 is 4.92 Å². The number of nitrogens with zero attached hydrogens (tertiary/aromatic N) is 2. The number of fused-ring (bicyclic) bond motifs is 1. The van der Waals surface area contributed by atoms with Gasteiger partial charge in [0.15, 0.2) is 5.75 Å². The topological polar surface area (TPSA) is 90.3 Å². The molecule has 0 atom stereocenters. The van der Waals surface area contributed by atoms with Gasteiger partial charge in [0.1, 0.15) is 11.6 Å². The van der Waals surface area contributed by atoms with Crippen LogP contribution < -0.4 is 9.47 Å². The second kappa shape index (κ2) is 6.57. The first kappa shape index (κ1) is 15.8. The number of imidazole rings is 1. The number of hydrogen-bond donors (Lipinski definition) is 1. The minimum Gasteiger partial charge on any atom is -0.497 e. The van der Waals surface area contributed by atoms with E-state index in [4.69, 9.17) is 9.47 Å². The van der Waals surface area contributed by atoms with E-state index >= 15 is 0 Å². The fourth-order valence-electron chi connectivity index (χ4n) is 2.39. The minimum absolute atomic E-state index is 0.0704. The Balaban J connectivity index is 2.02. The number of ether oxygens (including phenoxy) is 2. The van der Waals surface area contributed by atoms with E-state index in [1.807, 2.05) is 25.1 Å². The Morgan fingerprint density at radius 3 is 2.79 bits per heavy atom. The number of rotatable bonds is 6. The molecule has 1 heterocycles. The van der Waals surface area contributed by atoms with E-state index in [9.17, 15) is 10.1 Å². The number of hydrogen-bond acceptors (Lipinski definition) is 5. The van der Waals surface area contributed by atoms with Gasteiger partial charge in [-0.3, -0.25) is 10.1 Å². The summed E-state index contributed by atoms with van der Waals surface area (Å²) in [5, 5.41) is 11.3. The maximum Gasteiger partial charge on any atom is 0.311 e. The van der Waals surface area contributed by atoms with Crippen LogP contribution in [-0.4, -0.2) is 28.6 Å². The van der Waals surface area contributed by atoms with E-state index in [1.165, 1.54) is 6.07 Å². The lowest BCUT2D eigenvalue weighted by molar-refractivity contribution is -0.385. The molecule has 0 radical (unpaired) electrons. The van der Waals surface area contributed by atoms with Crippen LogP contribution in [0.15, 0.2) is 36.4 Å². The Bertz CT molecular complexity index is 889. The van der Waals surface area contributed by atoms with Gasteiger partial charge >= 0.3 is 5.69 Å². The van der Waals surface area contributed by atoms with Crippen molar-refractivity contribution in [1.82, 2.24) is 9.97 Å². The average Bonchev–Trinajstić information content (AvgIpc) is 3.02. The summed E-state index contributed by atoms with van der Waals surface area (Å²) in [5.74, 6) is 1.54. The Morgan fingerprint density at radius 2 is 2.08 bits per heavy atom. The number of aromatic amines is 1. The van der Waals surface area contributed by atoms with E-state index in [0.717, 1.165) is 17.5 Å². The number of nitrogens with one attached hydrogen (secondary N) is 1. The van der Waals surface area contributed by atoms with Crippen LogP contribution in [0.5, 0.6) is 11.5 Å². The second-order valence-corrected chi connectivity index (χ2v) is 5.26. The quantitative estimate of drug-likeness (QED) is 0.547. The molecule has 0 aliphatic carbocycles. The van der Waals surface area contributed by atoms with Gasteiger partial charge in [0.25, 0.3) is 0 Å². The Hall–Kier alpha value is -3.09. The number of H-pyrrole nitrogens is 1. The summed E-state index contributed by atoms with van der Waals surface area (Å²) in [6, 6.07) is 10.3. The van der Waals surface area contributed by atoms with Crippen molar-refractivity contribution in [3.8, 4) is 22.9 Å². The molecule has 0 amide bonds. The molecule has 24 heavy (non-hydrogen) atoms. The van der Waals surface area contributed by atoms with Crippen molar-refractivity contribution in [2.24, 2.45) is 0 Å². The molecule has 3 aromatic rings. The first-order valence-electron chi connectivity index (χ1n) is 7.57. The lowest BCUT2D eigenvalue weighted by atomic mass is 10.2. The van der Waals surface area contributed by atoms with E-state index in [0.29, 0.717) is 23.7 Å². The van der Waals surface area contributed by atoms with Gasteiger partial charge < -0.3 is 14.5 Å². The van der Waals surface area contributed by atoms with Crippen LogP contribution in [0.2, 0.25) is 0 Å². The predicted octanol–water partition coefficient (Wildman–Crippen LogP) is 3.94. The molecule has 7 heteroatoms. The van der Waals surface area contributed by atoms with Gasteiger partial charge in [-0.05, 0) is 30.7 Å². The van der Waals surface area contributed by atoms with Crippen molar-refractivity contribution < 1.29 is 14.4 Å². The Kier molecular flexibility index (Phi) is 4.33. The van der Waals surface area contributed by atoms with Gasteiger partial charge in [-0.25, -0.2) is 4.98 Å². The highest BCUT2D eigenvalue weighted by molar-refractivity contribution is 5.81. The molecule has 2 aromatic carbocycles. The van der Waals surface area contributed by atoms with Crippen LogP contribution in [0.3, 0.4) is 0 Å². The molecule has 0 aliphatic rings. The molecule has 0 saturated heterocycles. The van der Waals surface area contributed by atoms with Crippen molar-refractivity contribution >= 4 is 16.7 Å². The molecule has 0 unspecified atom stereocenters. The largest absolute Gasteiger partial charge is 0.497 e. The highest BCUT2D eigenvalue weighted by Crippen LogP contribution is 2.32. The summed E-state index contributed by atoms with van der Waals surface area (Å²) in [7, 11) is 1.59. The summed E-state index contributed by atoms with van der Waals surface area (Å²) in [6.45, 7) is 2.38. The van der Waals surface area contributed by atoms with Crippen LogP contribution in [0.1, 0.15) is 13.3 Å². The zero-order valence-electron chi connectivity index (χ0n) is 13.4. The molecule has 0 saturated carbocycles. The lowest BCUT2D eigenvalue weighted by Crippen LogP contribution is -1.99. The maximum atomic E-state index is 11.3. The molecule has 0 bridgehead atoms. The Labute approximate surface area is 138 Å². The first-order valence-corrected chi connectivity index (χ1v) is 7.57. The average molecular weight is 327 g/mol. The van der Waals surface area contributed by atoms with Crippen LogP contribution in [-0.2, 0) is 0 Å². The van der Waals surface area contributed by atoms with Crippen molar-refractivity contribution in [2.45, 2.75) is 13.3 Å². The molecule has 1 N–H and O–H groups in total. The smallest absolute Gasteiger partial charge is 0.311 e. The highest BCUT2D eigenvalue weighted by atomic mass is 16.6. The van der Waals surface area contributed by atoms with Crippen LogP contribution in [0.4, 0.5) is 5.69 Å². The lowest BCUT2D eigenvalue weighted by Gasteiger charge is -2.06. The standard InChI is InChI=1S/C17H17N3O4/c1-3-8-24-16-7-4-11(9-15(16)20(21)22)17-18-13-6-5-12(23-2)10-14(13)19-17/h4-7,9-10H,3,8H2,1-2H3,(H,18,19). The van der Waals surface area contributed by atoms with Gasteiger partial charge in [-0.2, -0.15) is 0 Å². The summed E-state index contributed by atoms with van der Waals surface area (Å²) >= 11 is 0. The molecular weight excluding hydrogens is 310 g/mol. The van der Waals surface area contributed by atoms with Crippen LogP contribution in [0.25, 0.3) is 22.4 Å². The van der Waals surface area contributed by atoms with Crippen molar-refractivity contribution in [3.05, 3.63) is 46.5 Å². The molecule has 0 aliphatic heterocycles. The maximum absolute atomic E-state index is 11.3. The number of nitro groups is 1. The van der Waals surface area contributed by atoms with Gasteiger partial charge in [-0.1, -0.05) is 6.92 Å².